The Morgan fingerprint density at radius 2 is 1.81 bits per heavy atom. The molecule has 1 rings (SSSR count). The van der Waals surface area contributed by atoms with Crippen LogP contribution >= 0.6 is 0 Å². The maximum atomic E-state index is 7.18. The maximum absolute atomic E-state index is 7.18. The molecule has 0 unspecified atom stereocenters. The average Bonchev–Trinajstić information content (AvgIpc) is 2.70. The minimum absolute atomic E-state index is 0.127. The van der Waals surface area contributed by atoms with E-state index in [1.54, 1.807) is 0 Å². The highest BCUT2D eigenvalue weighted by Crippen LogP contribution is 2.20. The molecule has 0 radical (unpaired) electrons. The van der Waals surface area contributed by atoms with E-state index < -0.39 is 0 Å². The van der Waals surface area contributed by atoms with Crippen molar-refractivity contribution in [2.24, 2.45) is 5.73 Å². The van der Waals surface area contributed by atoms with Crippen LogP contribution in [0.15, 0.2) is 23.0 Å². The highest BCUT2D eigenvalue weighted by atomic mass is 16.5. The summed E-state index contributed by atoms with van der Waals surface area (Å²) in [6.07, 6.45) is 2.85. The molecule has 3 heteroatoms. The van der Waals surface area contributed by atoms with Crippen LogP contribution in [0, 0.1) is 5.41 Å². The van der Waals surface area contributed by atoms with Crippen LogP contribution in [-0.2, 0) is 4.74 Å². The number of hydrogen-bond acceptors (Lipinski definition) is 2. The average molecular weight is 226 g/mol. The molecule has 0 bridgehead atoms. The molecule has 1 aliphatic heterocycles. The van der Waals surface area contributed by atoms with Gasteiger partial charge in [-0.1, -0.05) is 27.7 Å². The lowest BCUT2D eigenvalue weighted by atomic mass is 10.1. The number of allylic oxidation sites excluding steroid dienone is 2. The van der Waals surface area contributed by atoms with Gasteiger partial charge in [-0.05, 0) is 31.1 Å². The largest absolute Gasteiger partial charge is 0.498 e. The summed E-state index contributed by atoms with van der Waals surface area (Å²) >= 11 is 0. The fraction of sp³-hybridized carbons (Fsp3) is 0.615. The molecule has 16 heavy (non-hydrogen) atoms. The van der Waals surface area contributed by atoms with Gasteiger partial charge in [-0.25, -0.2) is 0 Å². The molecule has 1 heterocycles. The molecular weight excluding hydrogens is 200 g/mol. The predicted molar refractivity (Wildman–Crippen MR) is 71.6 cm³/mol. The first-order valence-corrected chi connectivity index (χ1v) is 5.96. The van der Waals surface area contributed by atoms with Gasteiger partial charge in [0.25, 0.3) is 0 Å². The van der Waals surface area contributed by atoms with Crippen molar-refractivity contribution in [3.63, 3.8) is 0 Å². The van der Waals surface area contributed by atoms with Gasteiger partial charge in [0.15, 0.2) is 0 Å². The molecule has 94 valence electrons. The van der Waals surface area contributed by atoms with Crippen LogP contribution in [0.4, 0.5) is 0 Å². The van der Waals surface area contributed by atoms with Gasteiger partial charge in [0, 0.05) is 6.42 Å². The van der Waals surface area contributed by atoms with Crippen molar-refractivity contribution in [2.75, 3.05) is 6.61 Å². The van der Waals surface area contributed by atoms with Gasteiger partial charge in [0.2, 0.25) is 0 Å². The van der Waals surface area contributed by atoms with Crippen LogP contribution in [0.3, 0.4) is 0 Å². The quantitative estimate of drug-likeness (QED) is 0.558. The van der Waals surface area contributed by atoms with Crippen molar-refractivity contribution in [2.45, 2.75) is 48.0 Å². The smallest absolute Gasteiger partial charge is 0.118 e. The van der Waals surface area contributed by atoms with Crippen LogP contribution in [0.25, 0.3) is 0 Å². The Morgan fingerprint density at radius 3 is 2.12 bits per heavy atom. The molecule has 0 aromatic rings. The van der Waals surface area contributed by atoms with Gasteiger partial charge in [-0.15, -0.1) is 0 Å². The maximum Gasteiger partial charge on any atom is 0.118 e. The molecule has 0 amide bonds. The lowest BCUT2D eigenvalue weighted by Crippen LogP contribution is -2.10. The summed E-state index contributed by atoms with van der Waals surface area (Å²) < 4.78 is 5.27. The Balaban J connectivity index is 0. The third-order valence-electron chi connectivity index (χ3n) is 1.96. The summed E-state index contributed by atoms with van der Waals surface area (Å²) in [7, 11) is 0. The van der Waals surface area contributed by atoms with E-state index in [4.69, 9.17) is 15.9 Å². The number of hydrogen-bond donors (Lipinski definition) is 2. The normalized spacial score (nSPS) is 14.2. The molecule has 0 aromatic carbocycles. The molecule has 0 atom stereocenters. The molecule has 0 fully saturated rings. The van der Waals surface area contributed by atoms with Crippen LogP contribution < -0.4 is 5.73 Å². The van der Waals surface area contributed by atoms with Gasteiger partial charge in [0.05, 0.1) is 12.4 Å². The number of nitrogens with two attached hydrogens (primary N) is 1. The molecule has 0 aliphatic carbocycles. The standard InChI is InChI=1S/C9H14N2O.2C2H6/c1-6(9(10)11)5-8-3-4-12-7(8)2;2*1-2/h5H,3-4H2,1-2H3,(H3,10,11);2*1-2H3/b6-5+;;. The Hall–Kier alpha value is -1.25. The van der Waals surface area contributed by atoms with E-state index >= 15 is 0 Å². The van der Waals surface area contributed by atoms with Crippen molar-refractivity contribution in [3.8, 4) is 0 Å². The number of nitrogens with one attached hydrogen (secondary N) is 1. The molecule has 0 saturated heterocycles. The Bertz CT molecular complexity index is 265. The Morgan fingerprint density at radius 1 is 1.31 bits per heavy atom. The van der Waals surface area contributed by atoms with Crippen molar-refractivity contribution < 1.29 is 4.74 Å². The topological polar surface area (TPSA) is 59.1 Å². The molecule has 1 aliphatic rings. The van der Waals surface area contributed by atoms with Gasteiger partial charge in [-0.3, -0.25) is 5.41 Å². The van der Waals surface area contributed by atoms with E-state index in [0.29, 0.717) is 0 Å². The molecule has 3 nitrogen and oxygen atoms in total. The molecule has 3 N–H and O–H groups in total. The second kappa shape index (κ2) is 10.3. The zero-order valence-corrected chi connectivity index (χ0v) is 11.5. The molecule has 0 aromatic heterocycles. The minimum atomic E-state index is 0.127. The van der Waals surface area contributed by atoms with Crippen LogP contribution in [-0.4, -0.2) is 12.4 Å². The zero-order valence-electron chi connectivity index (χ0n) is 11.5. The van der Waals surface area contributed by atoms with Crippen molar-refractivity contribution in [1.82, 2.24) is 0 Å². The number of amidine groups is 1. The van der Waals surface area contributed by atoms with Crippen molar-refractivity contribution in [1.29, 1.82) is 5.41 Å². The summed E-state index contributed by atoms with van der Waals surface area (Å²) in [6, 6.07) is 0. The van der Waals surface area contributed by atoms with Crippen molar-refractivity contribution >= 4 is 5.84 Å². The van der Waals surface area contributed by atoms with E-state index in [1.807, 2.05) is 47.6 Å². The van der Waals surface area contributed by atoms with Gasteiger partial charge in [-0.2, -0.15) is 0 Å². The highest BCUT2D eigenvalue weighted by Gasteiger charge is 2.09. The van der Waals surface area contributed by atoms with E-state index in [1.165, 1.54) is 0 Å². The second-order valence-electron chi connectivity index (χ2n) is 2.92. The van der Waals surface area contributed by atoms with Crippen LogP contribution in [0.2, 0.25) is 0 Å². The summed E-state index contributed by atoms with van der Waals surface area (Å²) in [5.41, 5.74) is 7.27. The number of rotatable bonds is 2. The SMILES string of the molecule is CC.CC.CC1=C(/C=C(\C)C(=N)N)CCO1. The third kappa shape index (κ3) is 6.27. The fourth-order valence-corrected chi connectivity index (χ4v) is 1.10. The molecular formula is C13H26N2O. The lowest BCUT2D eigenvalue weighted by molar-refractivity contribution is 0.246. The molecule has 0 saturated carbocycles. The first-order valence-electron chi connectivity index (χ1n) is 5.96. The first kappa shape index (κ1) is 17.2. The zero-order chi connectivity index (χ0) is 13.1. The highest BCUT2D eigenvalue weighted by molar-refractivity contribution is 5.94. The van der Waals surface area contributed by atoms with E-state index in [2.05, 4.69) is 0 Å². The minimum Gasteiger partial charge on any atom is -0.498 e. The van der Waals surface area contributed by atoms with Gasteiger partial charge < -0.3 is 10.5 Å². The van der Waals surface area contributed by atoms with Gasteiger partial charge in [0.1, 0.15) is 5.84 Å². The van der Waals surface area contributed by atoms with E-state index in [9.17, 15) is 0 Å². The fourth-order valence-electron chi connectivity index (χ4n) is 1.10. The summed E-state index contributed by atoms with van der Waals surface area (Å²) in [5.74, 6) is 1.08. The number of ether oxygens (including phenoxy) is 1. The third-order valence-corrected chi connectivity index (χ3v) is 1.96. The Labute approximate surface area is 99.9 Å². The van der Waals surface area contributed by atoms with Crippen LogP contribution in [0.5, 0.6) is 0 Å². The monoisotopic (exact) mass is 226 g/mol. The lowest BCUT2D eigenvalue weighted by Gasteiger charge is -1.98. The second-order valence-corrected chi connectivity index (χ2v) is 2.92. The van der Waals surface area contributed by atoms with Crippen molar-refractivity contribution in [3.05, 3.63) is 23.0 Å². The van der Waals surface area contributed by atoms with E-state index in [0.717, 1.165) is 29.9 Å². The summed E-state index contributed by atoms with van der Waals surface area (Å²) in [5, 5.41) is 7.18. The summed E-state index contributed by atoms with van der Waals surface area (Å²) in [4.78, 5) is 0. The summed E-state index contributed by atoms with van der Waals surface area (Å²) in [6.45, 7) is 12.5. The van der Waals surface area contributed by atoms with Gasteiger partial charge >= 0.3 is 0 Å². The van der Waals surface area contributed by atoms with Crippen LogP contribution in [0.1, 0.15) is 48.0 Å². The van der Waals surface area contributed by atoms with E-state index in [-0.39, 0.29) is 5.84 Å². The molecule has 0 spiro atoms. The first-order chi connectivity index (χ1) is 7.61. The Kier molecular flexibility index (Phi) is 11.0. The predicted octanol–water partition coefficient (Wildman–Crippen LogP) is 3.62.